The Bertz CT molecular complexity index is 592. The Balaban J connectivity index is 1.50. The fourth-order valence-corrected chi connectivity index (χ4v) is 4.12. The van der Waals surface area contributed by atoms with E-state index in [0.717, 1.165) is 0 Å². The Labute approximate surface area is 128 Å². The summed E-state index contributed by atoms with van der Waals surface area (Å²) in [5.41, 5.74) is 4.89. The third-order valence-electron chi connectivity index (χ3n) is 5.66. The van der Waals surface area contributed by atoms with E-state index in [4.69, 9.17) is 4.74 Å². The Morgan fingerprint density at radius 1 is 1.05 bits per heavy atom. The van der Waals surface area contributed by atoms with Crippen LogP contribution in [-0.2, 0) is 17.6 Å². The average Bonchev–Trinajstić information content (AvgIpc) is 3.27. The van der Waals surface area contributed by atoms with Crippen LogP contribution < -0.4 is 0 Å². The molecule has 1 spiro atoms. The quantitative estimate of drug-likeness (QED) is 0.703. The van der Waals surface area contributed by atoms with Crippen LogP contribution in [0.15, 0.2) is 18.2 Å². The zero-order valence-electron chi connectivity index (χ0n) is 13.0. The highest BCUT2D eigenvalue weighted by Gasteiger charge is 2.40. The van der Waals surface area contributed by atoms with Gasteiger partial charge in [0.1, 0.15) is 0 Å². The molecule has 1 heteroatoms. The zero-order chi connectivity index (χ0) is 14.3. The second kappa shape index (κ2) is 5.18. The lowest BCUT2D eigenvalue weighted by molar-refractivity contribution is 0.0298. The van der Waals surface area contributed by atoms with E-state index < -0.39 is 0 Å². The molecule has 0 aliphatic heterocycles. The second-order valence-electron chi connectivity index (χ2n) is 7.32. The summed E-state index contributed by atoms with van der Waals surface area (Å²) in [6.45, 7) is 0. The summed E-state index contributed by atoms with van der Waals surface area (Å²) in [6, 6.07) is 6.93. The van der Waals surface area contributed by atoms with Crippen molar-refractivity contribution in [3.8, 4) is 11.8 Å². The summed E-state index contributed by atoms with van der Waals surface area (Å²) in [4.78, 5) is 0. The fourth-order valence-electron chi connectivity index (χ4n) is 4.12. The third-order valence-corrected chi connectivity index (χ3v) is 5.66. The first-order chi connectivity index (χ1) is 10.3. The van der Waals surface area contributed by atoms with Crippen molar-refractivity contribution >= 4 is 0 Å². The predicted octanol–water partition coefficient (Wildman–Crippen LogP) is 4.12. The molecule has 3 aliphatic carbocycles. The Kier molecular flexibility index (Phi) is 3.31. The summed E-state index contributed by atoms with van der Waals surface area (Å²) >= 11 is 0. The van der Waals surface area contributed by atoms with E-state index in [2.05, 4.69) is 30.0 Å². The Morgan fingerprint density at radius 2 is 1.81 bits per heavy atom. The van der Waals surface area contributed by atoms with Crippen molar-refractivity contribution in [3.05, 3.63) is 34.9 Å². The lowest BCUT2D eigenvalue weighted by atomic mass is 9.71. The maximum atomic E-state index is 5.53. The molecule has 2 fully saturated rings. The molecule has 4 rings (SSSR count). The molecule has 1 nitrogen and oxygen atoms in total. The van der Waals surface area contributed by atoms with Gasteiger partial charge in [0.15, 0.2) is 0 Å². The highest BCUT2D eigenvalue weighted by molar-refractivity contribution is 5.44. The summed E-state index contributed by atoms with van der Waals surface area (Å²) < 4.78 is 5.53. The van der Waals surface area contributed by atoms with E-state index in [9.17, 15) is 0 Å². The van der Waals surface area contributed by atoms with Crippen molar-refractivity contribution in [2.45, 2.75) is 57.5 Å². The molecule has 21 heavy (non-hydrogen) atoms. The maximum Gasteiger partial charge on any atom is 0.0571 e. The molecule has 110 valence electrons. The number of rotatable bonds is 1. The van der Waals surface area contributed by atoms with Gasteiger partial charge in [-0.25, -0.2) is 0 Å². The van der Waals surface area contributed by atoms with Crippen LogP contribution in [0.4, 0.5) is 0 Å². The molecule has 0 N–H and O–H groups in total. The minimum Gasteiger partial charge on any atom is -0.381 e. The van der Waals surface area contributed by atoms with Crippen molar-refractivity contribution in [2.75, 3.05) is 7.11 Å². The van der Waals surface area contributed by atoms with Gasteiger partial charge in [0, 0.05) is 18.6 Å². The van der Waals surface area contributed by atoms with Gasteiger partial charge < -0.3 is 4.74 Å². The van der Waals surface area contributed by atoms with Crippen LogP contribution in [0, 0.1) is 23.2 Å². The Morgan fingerprint density at radius 3 is 2.52 bits per heavy atom. The summed E-state index contributed by atoms with van der Waals surface area (Å²) in [5.74, 6) is 7.44. The van der Waals surface area contributed by atoms with Crippen LogP contribution in [0.3, 0.4) is 0 Å². The summed E-state index contributed by atoms with van der Waals surface area (Å²) in [7, 11) is 1.86. The molecule has 0 saturated heterocycles. The van der Waals surface area contributed by atoms with Gasteiger partial charge in [0.2, 0.25) is 0 Å². The summed E-state index contributed by atoms with van der Waals surface area (Å²) in [6.07, 6.45) is 10.8. The first-order valence-corrected chi connectivity index (χ1v) is 8.42. The number of hydrogen-bond donors (Lipinski definition) is 0. The van der Waals surface area contributed by atoms with Crippen molar-refractivity contribution in [1.29, 1.82) is 0 Å². The minimum absolute atomic E-state index is 0.499. The summed E-state index contributed by atoms with van der Waals surface area (Å²) in [5, 5.41) is 0. The van der Waals surface area contributed by atoms with Crippen LogP contribution in [0.2, 0.25) is 0 Å². The van der Waals surface area contributed by atoms with Gasteiger partial charge in [0.05, 0.1) is 6.10 Å². The van der Waals surface area contributed by atoms with E-state index in [1.165, 1.54) is 56.9 Å². The van der Waals surface area contributed by atoms with Crippen molar-refractivity contribution < 1.29 is 4.74 Å². The molecule has 1 aromatic rings. The largest absolute Gasteiger partial charge is 0.381 e. The molecule has 0 bridgehead atoms. The van der Waals surface area contributed by atoms with E-state index in [1.54, 1.807) is 11.1 Å². The lowest BCUT2D eigenvalue weighted by Gasteiger charge is -2.36. The zero-order valence-corrected chi connectivity index (χ0v) is 13.0. The van der Waals surface area contributed by atoms with Crippen LogP contribution in [0.5, 0.6) is 0 Å². The van der Waals surface area contributed by atoms with E-state index in [0.29, 0.717) is 17.4 Å². The van der Waals surface area contributed by atoms with E-state index in [1.807, 2.05) is 7.11 Å². The topological polar surface area (TPSA) is 9.23 Å². The predicted molar refractivity (Wildman–Crippen MR) is 85.2 cm³/mol. The third kappa shape index (κ3) is 2.74. The average molecular weight is 280 g/mol. The van der Waals surface area contributed by atoms with Gasteiger partial charge in [-0.2, -0.15) is 0 Å². The van der Waals surface area contributed by atoms with Crippen molar-refractivity contribution in [2.24, 2.45) is 11.3 Å². The molecule has 0 aromatic heterocycles. The minimum atomic E-state index is 0.499. The molecule has 2 saturated carbocycles. The SMILES string of the molecule is COC1CCC2(CC1)Cc1ccc(C#CC3CC3)cc1C2. The maximum absolute atomic E-state index is 5.53. The van der Waals surface area contributed by atoms with Crippen LogP contribution in [0.1, 0.15) is 55.2 Å². The molecular formula is C20H24O. The molecule has 0 radical (unpaired) electrons. The molecule has 1 aromatic carbocycles. The van der Waals surface area contributed by atoms with Crippen LogP contribution in [-0.4, -0.2) is 13.2 Å². The smallest absolute Gasteiger partial charge is 0.0571 e. The van der Waals surface area contributed by atoms with Gasteiger partial charge in [-0.3, -0.25) is 0 Å². The molecule has 0 atom stereocenters. The monoisotopic (exact) mass is 280 g/mol. The standard InChI is InChI=1S/C20H24O/c1-21-19-8-10-20(11-9-19)13-17-7-6-16(12-18(17)14-20)5-4-15-2-3-15/h6-7,12,15,19H,2-3,8-11,13-14H2,1H3. The normalized spacial score (nSPS) is 30.8. The van der Waals surface area contributed by atoms with E-state index in [-0.39, 0.29) is 0 Å². The van der Waals surface area contributed by atoms with Crippen LogP contribution >= 0.6 is 0 Å². The fraction of sp³-hybridized carbons (Fsp3) is 0.600. The number of benzene rings is 1. The first-order valence-electron chi connectivity index (χ1n) is 8.42. The second-order valence-corrected chi connectivity index (χ2v) is 7.32. The number of methoxy groups -OCH3 is 1. The van der Waals surface area contributed by atoms with Gasteiger partial charge >= 0.3 is 0 Å². The number of fused-ring (bicyclic) bond motifs is 1. The van der Waals surface area contributed by atoms with Gasteiger partial charge in [-0.1, -0.05) is 17.9 Å². The molecule has 3 aliphatic rings. The number of hydrogen-bond acceptors (Lipinski definition) is 1. The van der Waals surface area contributed by atoms with Gasteiger partial charge in [-0.05, 0) is 80.0 Å². The highest BCUT2D eigenvalue weighted by atomic mass is 16.5. The first kappa shape index (κ1) is 13.4. The van der Waals surface area contributed by atoms with Gasteiger partial charge in [0.25, 0.3) is 0 Å². The van der Waals surface area contributed by atoms with Crippen molar-refractivity contribution in [3.63, 3.8) is 0 Å². The molecule has 0 amide bonds. The molecule has 0 heterocycles. The van der Waals surface area contributed by atoms with Gasteiger partial charge in [-0.15, -0.1) is 0 Å². The van der Waals surface area contributed by atoms with Crippen molar-refractivity contribution in [1.82, 2.24) is 0 Å². The lowest BCUT2D eigenvalue weighted by Crippen LogP contribution is -2.31. The Hall–Kier alpha value is -1.26. The highest BCUT2D eigenvalue weighted by Crippen LogP contribution is 2.47. The molecule has 0 unspecified atom stereocenters. The number of ether oxygens (including phenoxy) is 1. The molecular weight excluding hydrogens is 256 g/mol. The van der Waals surface area contributed by atoms with E-state index >= 15 is 0 Å². The van der Waals surface area contributed by atoms with Crippen LogP contribution in [0.25, 0.3) is 0 Å².